The summed E-state index contributed by atoms with van der Waals surface area (Å²) in [4.78, 5) is 0. The Labute approximate surface area is 106 Å². The number of hydrogen-bond acceptors (Lipinski definition) is 0. The summed E-state index contributed by atoms with van der Waals surface area (Å²) in [5.41, 5.74) is 2.04. The zero-order valence-corrected chi connectivity index (χ0v) is 11.9. The van der Waals surface area contributed by atoms with E-state index >= 15 is 0 Å². The van der Waals surface area contributed by atoms with Crippen molar-refractivity contribution in [3.05, 3.63) is 23.0 Å². The fourth-order valence-electron chi connectivity index (χ4n) is 2.34. The Balaban J connectivity index is 0.000000171. The molecule has 0 heterocycles. The van der Waals surface area contributed by atoms with Gasteiger partial charge in [-0.3, -0.25) is 0 Å². The summed E-state index contributed by atoms with van der Waals surface area (Å²) in [6.07, 6.45) is 9.44. The van der Waals surface area contributed by atoms with Crippen LogP contribution in [0.2, 0.25) is 0 Å². The Bertz CT molecular complexity index is 281. The lowest BCUT2D eigenvalue weighted by molar-refractivity contribution is 0.308. The molecule has 98 valence electrons. The number of allylic oxidation sites excluding steroid dienone is 4. The van der Waals surface area contributed by atoms with Crippen LogP contribution in [-0.2, 0) is 0 Å². The second kappa shape index (κ2) is 6.98. The largest absolute Gasteiger partial charge is 0.207 e. The van der Waals surface area contributed by atoms with Crippen molar-refractivity contribution in [3.8, 4) is 0 Å². The average Bonchev–Trinajstić information content (AvgIpc) is 2.29. The number of hydrogen-bond donors (Lipinski definition) is 0. The summed E-state index contributed by atoms with van der Waals surface area (Å²) in [7, 11) is 0. The summed E-state index contributed by atoms with van der Waals surface area (Å²) in [5.74, 6) is 2.01. The molecule has 1 fully saturated rings. The van der Waals surface area contributed by atoms with Crippen molar-refractivity contribution in [2.24, 2.45) is 11.8 Å². The lowest BCUT2D eigenvalue weighted by atomic mass is 9.84. The van der Waals surface area contributed by atoms with Crippen LogP contribution in [-0.4, -0.2) is 0 Å². The van der Waals surface area contributed by atoms with Crippen LogP contribution in [0.4, 0.5) is 4.39 Å². The van der Waals surface area contributed by atoms with Gasteiger partial charge in [-0.25, -0.2) is 4.39 Å². The molecule has 0 radical (unpaired) electrons. The summed E-state index contributed by atoms with van der Waals surface area (Å²) in [5, 5.41) is 0. The minimum absolute atomic E-state index is 0.0289. The zero-order chi connectivity index (χ0) is 12.8. The third kappa shape index (κ3) is 5.52. The molecule has 2 aliphatic carbocycles. The minimum Gasteiger partial charge on any atom is -0.207 e. The first-order valence-electron chi connectivity index (χ1n) is 7.01. The summed E-state index contributed by atoms with van der Waals surface area (Å²) in [6, 6.07) is 0. The van der Waals surface area contributed by atoms with E-state index in [4.69, 9.17) is 0 Å². The van der Waals surface area contributed by atoms with Crippen LogP contribution in [0, 0.1) is 11.8 Å². The summed E-state index contributed by atoms with van der Waals surface area (Å²) in [6.45, 7) is 8.54. The minimum atomic E-state index is -0.0289. The van der Waals surface area contributed by atoms with E-state index < -0.39 is 0 Å². The Morgan fingerprint density at radius 2 is 1.41 bits per heavy atom. The number of rotatable bonds is 0. The highest BCUT2D eigenvalue weighted by Crippen LogP contribution is 2.27. The maximum atomic E-state index is 12.6. The molecule has 2 rings (SSSR count). The van der Waals surface area contributed by atoms with Crippen LogP contribution in [0.1, 0.15) is 66.2 Å². The molecule has 0 aliphatic heterocycles. The molecule has 0 spiro atoms. The van der Waals surface area contributed by atoms with Crippen molar-refractivity contribution < 1.29 is 4.39 Å². The van der Waals surface area contributed by atoms with E-state index in [1.54, 1.807) is 6.08 Å². The fraction of sp³-hybridized carbons (Fsp3) is 0.750. The normalized spacial score (nSPS) is 29.4. The highest BCUT2D eigenvalue weighted by molar-refractivity contribution is 5.26. The first-order chi connectivity index (χ1) is 7.99. The molecule has 0 aromatic carbocycles. The summed E-state index contributed by atoms with van der Waals surface area (Å²) >= 11 is 0. The first-order valence-corrected chi connectivity index (χ1v) is 7.01. The topological polar surface area (TPSA) is 0 Å². The third-order valence-corrected chi connectivity index (χ3v) is 3.98. The van der Waals surface area contributed by atoms with Crippen LogP contribution < -0.4 is 0 Å². The average molecular weight is 238 g/mol. The Hall–Kier alpha value is -0.590. The Morgan fingerprint density at radius 1 is 0.941 bits per heavy atom. The molecule has 0 unspecified atom stereocenters. The Morgan fingerprint density at radius 3 is 1.76 bits per heavy atom. The molecule has 0 saturated heterocycles. The molecule has 0 nitrogen and oxygen atoms in total. The molecule has 0 aromatic rings. The van der Waals surface area contributed by atoms with Gasteiger partial charge in [0.1, 0.15) is 5.83 Å². The van der Waals surface area contributed by atoms with Crippen molar-refractivity contribution in [3.63, 3.8) is 0 Å². The highest BCUT2D eigenvalue weighted by atomic mass is 19.1. The van der Waals surface area contributed by atoms with E-state index in [2.05, 4.69) is 13.8 Å². The van der Waals surface area contributed by atoms with Gasteiger partial charge >= 0.3 is 0 Å². The SMILES string of the molecule is CC1=CC(F)=C(C)CC1.CC1CCC(C)CC1. The predicted octanol–water partition coefficient (Wildman–Crippen LogP) is 5.80. The maximum Gasteiger partial charge on any atom is 0.122 e. The Kier molecular flexibility index (Phi) is 5.94. The van der Waals surface area contributed by atoms with E-state index in [0.29, 0.717) is 0 Å². The molecule has 17 heavy (non-hydrogen) atoms. The van der Waals surface area contributed by atoms with E-state index in [-0.39, 0.29) is 5.83 Å². The number of halogens is 1. The molecule has 0 atom stereocenters. The van der Waals surface area contributed by atoms with Gasteiger partial charge in [0, 0.05) is 0 Å². The second-order valence-electron chi connectivity index (χ2n) is 5.98. The molecule has 1 saturated carbocycles. The monoisotopic (exact) mass is 238 g/mol. The van der Waals surface area contributed by atoms with Crippen LogP contribution in [0.3, 0.4) is 0 Å². The van der Waals surface area contributed by atoms with E-state index in [1.165, 1.54) is 25.7 Å². The molecule has 2 aliphatic rings. The summed E-state index contributed by atoms with van der Waals surface area (Å²) < 4.78 is 12.6. The van der Waals surface area contributed by atoms with E-state index in [0.717, 1.165) is 35.8 Å². The van der Waals surface area contributed by atoms with Crippen LogP contribution in [0.15, 0.2) is 23.0 Å². The standard InChI is InChI=1S/C8H11F.C8H16/c1-6-3-4-7(2)8(9)5-6;1-7-3-5-8(2)6-4-7/h5H,3-4H2,1-2H3;7-8H,3-6H2,1-2H3. The smallest absolute Gasteiger partial charge is 0.122 e. The second-order valence-corrected chi connectivity index (χ2v) is 5.98. The van der Waals surface area contributed by atoms with Crippen molar-refractivity contribution in [1.82, 2.24) is 0 Å². The highest BCUT2D eigenvalue weighted by Gasteiger charge is 2.13. The van der Waals surface area contributed by atoms with E-state index in [9.17, 15) is 4.39 Å². The predicted molar refractivity (Wildman–Crippen MR) is 73.6 cm³/mol. The van der Waals surface area contributed by atoms with Crippen LogP contribution in [0.25, 0.3) is 0 Å². The van der Waals surface area contributed by atoms with Gasteiger partial charge in [-0.1, -0.05) is 45.1 Å². The fourth-order valence-corrected chi connectivity index (χ4v) is 2.34. The lowest BCUT2D eigenvalue weighted by Crippen LogP contribution is -2.08. The lowest BCUT2D eigenvalue weighted by Gasteiger charge is -2.22. The van der Waals surface area contributed by atoms with Gasteiger partial charge in [-0.2, -0.15) is 0 Å². The quantitative estimate of drug-likeness (QED) is 0.500. The van der Waals surface area contributed by atoms with Crippen molar-refractivity contribution in [2.45, 2.75) is 66.2 Å². The van der Waals surface area contributed by atoms with Gasteiger partial charge in [0.2, 0.25) is 0 Å². The maximum absolute atomic E-state index is 12.6. The van der Waals surface area contributed by atoms with Gasteiger partial charge in [0.15, 0.2) is 0 Å². The molecular weight excluding hydrogens is 211 g/mol. The van der Waals surface area contributed by atoms with Crippen molar-refractivity contribution in [2.75, 3.05) is 0 Å². The van der Waals surface area contributed by atoms with Gasteiger partial charge in [-0.05, 0) is 50.2 Å². The third-order valence-electron chi connectivity index (χ3n) is 3.98. The van der Waals surface area contributed by atoms with Gasteiger partial charge in [-0.15, -0.1) is 0 Å². The van der Waals surface area contributed by atoms with E-state index in [1.807, 2.05) is 13.8 Å². The van der Waals surface area contributed by atoms with Crippen molar-refractivity contribution >= 4 is 0 Å². The van der Waals surface area contributed by atoms with Crippen molar-refractivity contribution in [1.29, 1.82) is 0 Å². The molecule has 1 heteroatoms. The molecule has 0 aromatic heterocycles. The zero-order valence-electron chi connectivity index (χ0n) is 11.9. The van der Waals surface area contributed by atoms with Gasteiger partial charge in [0.25, 0.3) is 0 Å². The van der Waals surface area contributed by atoms with Crippen LogP contribution >= 0.6 is 0 Å². The molecule has 0 N–H and O–H groups in total. The molecular formula is C16H27F. The van der Waals surface area contributed by atoms with Crippen LogP contribution in [0.5, 0.6) is 0 Å². The van der Waals surface area contributed by atoms with Gasteiger partial charge < -0.3 is 0 Å². The first kappa shape index (κ1) is 14.5. The van der Waals surface area contributed by atoms with Gasteiger partial charge in [0.05, 0.1) is 0 Å². The molecule has 0 bridgehead atoms. The molecule has 0 amide bonds.